The molecule has 0 bridgehead atoms. The zero-order valence-corrected chi connectivity index (χ0v) is 11.1. The van der Waals surface area contributed by atoms with Gasteiger partial charge in [-0.25, -0.2) is 9.59 Å². The molecular weight excluding hydrogens is 242 g/mol. The van der Waals surface area contributed by atoms with Crippen molar-refractivity contribution in [3.8, 4) is 0 Å². The fourth-order valence-corrected chi connectivity index (χ4v) is 2.56. The van der Waals surface area contributed by atoms with Crippen LogP contribution in [0.3, 0.4) is 0 Å². The van der Waals surface area contributed by atoms with Crippen LogP contribution in [0.25, 0.3) is 0 Å². The van der Waals surface area contributed by atoms with Gasteiger partial charge in [0, 0.05) is 18.3 Å². The Morgan fingerprint density at radius 2 is 1.76 bits per heavy atom. The van der Waals surface area contributed by atoms with E-state index in [9.17, 15) is 9.59 Å². The molecule has 0 saturated carbocycles. The molecule has 1 heterocycles. The Balaban J connectivity index is 2.26. The molecule has 0 N–H and O–H groups in total. The van der Waals surface area contributed by atoms with E-state index >= 15 is 0 Å². The second kappa shape index (κ2) is 7.42. The molecule has 0 aliphatic carbocycles. The highest BCUT2D eigenvalue weighted by atomic mass is 32.2. The van der Waals surface area contributed by atoms with E-state index in [4.69, 9.17) is 9.47 Å². The van der Waals surface area contributed by atoms with E-state index in [1.807, 2.05) is 0 Å². The first kappa shape index (κ1) is 14.2. The third-order valence-corrected chi connectivity index (χ3v) is 3.61. The summed E-state index contributed by atoms with van der Waals surface area (Å²) in [6.45, 7) is 5.69. The number of thioether (sulfide) groups is 1. The number of hydrogen-bond acceptors (Lipinski definition) is 5. The molecule has 1 amide bonds. The molecule has 17 heavy (non-hydrogen) atoms. The van der Waals surface area contributed by atoms with Crippen LogP contribution in [-0.4, -0.2) is 47.8 Å². The standard InChI is InChI=1S/C11H19NO4S/c1-3-15-10(13)12-7-5-9(6-8-12)17-11(14)16-4-2/h9H,3-8H2,1-2H3. The van der Waals surface area contributed by atoms with E-state index in [1.54, 1.807) is 18.7 Å². The molecule has 0 atom stereocenters. The van der Waals surface area contributed by atoms with E-state index in [0.717, 1.165) is 12.8 Å². The summed E-state index contributed by atoms with van der Waals surface area (Å²) in [7, 11) is 0. The molecule has 1 fully saturated rings. The first-order chi connectivity index (χ1) is 8.17. The van der Waals surface area contributed by atoms with Gasteiger partial charge in [-0.05, 0) is 38.5 Å². The summed E-state index contributed by atoms with van der Waals surface area (Å²) in [5.41, 5.74) is 0. The second-order valence-corrected chi connectivity index (χ2v) is 4.92. The lowest BCUT2D eigenvalue weighted by molar-refractivity contribution is 0.100. The van der Waals surface area contributed by atoms with Gasteiger partial charge in [-0.15, -0.1) is 0 Å². The maximum atomic E-state index is 11.4. The van der Waals surface area contributed by atoms with Gasteiger partial charge in [-0.3, -0.25) is 0 Å². The van der Waals surface area contributed by atoms with Crippen LogP contribution in [0.5, 0.6) is 0 Å². The first-order valence-corrected chi connectivity index (χ1v) is 6.80. The molecule has 0 aromatic carbocycles. The number of carbonyl (C=O) groups is 2. The average molecular weight is 261 g/mol. The lowest BCUT2D eigenvalue weighted by Gasteiger charge is -2.30. The fraction of sp³-hybridized carbons (Fsp3) is 0.818. The van der Waals surface area contributed by atoms with Crippen LogP contribution in [0.4, 0.5) is 9.59 Å². The van der Waals surface area contributed by atoms with Crippen LogP contribution in [0.1, 0.15) is 26.7 Å². The maximum absolute atomic E-state index is 11.4. The van der Waals surface area contributed by atoms with Crippen LogP contribution >= 0.6 is 11.8 Å². The molecule has 1 saturated heterocycles. The van der Waals surface area contributed by atoms with Crippen LogP contribution < -0.4 is 0 Å². The van der Waals surface area contributed by atoms with Crippen LogP contribution in [0.15, 0.2) is 0 Å². The van der Waals surface area contributed by atoms with Gasteiger partial charge < -0.3 is 14.4 Å². The van der Waals surface area contributed by atoms with Gasteiger partial charge in [0.2, 0.25) is 0 Å². The van der Waals surface area contributed by atoms with Crippen molar-refractivity contribution < 1.29 is 19.1 Å². The van der Waals surface area contributed by atoms with E-state index in [2.05, 4.69) is 0 Å². The Kier molecular flexibility index (Phi) is 6.18. The van der Waals surface area contributed by atoms with E-state index in [0.29, 0.717) is 26.3 Å². The molecule has 6 heteroatoms. The molecule has 0 radical (unpaired) electrons. The van der Waals surface area contributed by atoms with E-state index < -0.39 is 0 Å². The number of nitrogens with zero attached hydrogens (tertiary/aromatic N) is 1. The number of carbonyl (C=O) groups excluding carboxylic acids is 2. The predicted molar refractivity (Wildman–Crippen MR) is 66.2 cm³/mol. The zero-order chi connectivity index (χ0) is 12.7. The largest absolute Gasteiger partial charge is 0.458 e. The SMILES string of the molecule is CCOC(=O)SC1CCN(C(=O)OCC)CC1. The Labute approximate surface area is 106 Å². The quantitative estimate of drug-likeness (QED) is 0.731. The van der Waals surface area contributed by atoms with Crippen LogP contribution in [0.2, 0.25) is 0 Å². The summed E-state index contributed by atoms with van der Waals surface area (Å²) >= 11 is 1.23. The second-order valence-electron chi connectivity index (χ2n) is 3.69. The Morgan fingerprint density at radius 3 is 2.29 bits per heavy atom. The molecule has 1 aliphatic heterocycles. The number of likely N-dealkylation sites (tertiary alicyclic amines) is 1. The Morgan fingerprint density at radius 1 is 1.18 bits per heavy atom. The summed E-state index contributed by atoms with van der Waals surface area (Å²) in [6.07, 6.45) is 1.36. The molecule has 5 nitrogen and oxygen atoms in total. The summed E-state index contributed by atoms with van der Waals surface area (Å²) in [6, 6.07) is 0. The number of hydrogen-bond donors (Lipinski definition) is 0. The minimum atomic E-state index is -0.257. The third kappa shape index (κ3) is 4.85. The molecule has 98 valence electrons. The minimum Gasteiger partial charge on any atom is -0.458 e. The number of amides is 1. The zero-order valence-electron chi connectivity index (χ0n) is 10.3. The maximum Gasteiger partial charge on any atom is 0.409 e. The van der Waals surface area contributed by atoms with Gasteiger partial charge in [0.15, 0.2) is 0 Å². The lowest BCUT2D eigenvalue weighted by Crippen LogP contribution is -2.39. The fourth-order valence-electron chi connectivity index (χ4n) is 1.66. The predicted octanol–water partition coefficient (Wildman–Crippen LogP) is 2.50. The average Bonchev–Trinajstić information content (AvgIpc) is 2.30. The molecule has 1 aliphatic rings. The van der Waals surface area contributed by atoms with Gasteiger partial charge in [0.25, 0.3) is 0 Å². The summed E-state index contributed by atoms with van der Waals surface area (Å²) in [5.74, 6) is 0. The lowest BCUT2D eigenvalue weighted by atomic mass is 10.1. The topological polar surface area (TPSA) is 55.8 Å². The highest BCUT2D eigenvalue weighted by molar-refractivity contribution is 8.13. The molecule has 1 rings (SSSR count). The van der Waals surface area contributed by atoms with Gasteiger partial charge in [-0.2, -0.15) is 0 Å². The van der Waals surface area contributed by atoms with Crippen molar-refractivity contribution in [3.63, 3.8) is 0 Å². The molecule has 0 aromatic heterocycles. The van der Waals surface area contributed by atoms with Crippen molar-refractivity contribution in [2.45, 2.75) is 31.9 Å². The summed E-state index contributed by atoms with van der Waals surface area (Å²) in [4.78, 5) is 24.4. The highest BCUT2D eigenvalue weighted by Crippen LogP contribution is 2.25. The number of rotatable bonds is 3. The number of ether oxygens (including phenoxy) is 2. The van der Waals surface area contributed by atoms with E-state index in [-0.39, 0.29) is 16.6 Å². The smallest absolute Gasteiger partial charge is 0.409 e. The van der Waals surface area contributed by atoms with Crippen molar-refractivity contribution in [2.24, 2.45) is 0 Å². The van der Waals surface area contributed by atoms with Crippen molar-refractivity contribution in [1.29, 1.82) is 0 Å². The van der Waals surface area contributed by atoms with Gasteiger partial charge in [0.05, 0.1) is 13.2 Å². The van der Waals surface area contributed by atoms with Crippen molar-refractivity contribution in [1.82, 2.24) is 4.90 Å². The van der Waals surface area contributed by atoms with Gasteiger partial charge in [-0.1, -0.05) is 0 Å². The normalized spacial score (nSPS) is 16.7. The van der Waals surface area contributed by atoms with Crippen LogP contribution in [0, 0.1) is 0 Å². The minimum absolute atomic E-state index is 0.220. The monoisotopic (exact) mass is 261 g/mol. The first-order valence-electron chi connectivity index (χ1n) is 5.92. The molecule has 0 spiro atoms. The van der Waals surface area contributed by atoms with Crippen LogP contribution in [-0.2, 0) is 9.47 Å². The Bertz CT molecular complexity index is 264. The third-order valence-electron chi connectivity index (χ3n) is 2.49. The van der Waals surface area contributed by atoms with Crippen molar-refractivity contribution in [2.75, 3.05) is 26.3 Å². The summed E-state index contributed by atoms with van der Waals surface area (Å²) < 4.78 is 9.80. The highest BCUT2D eigenvalue weighted by Gasteiger charge is 2.25. The van der Waals surface area contributed by atoms with Gasteiger partial charge >= 0.3 is 11.4 Å². The molecule has 0 unspecified atom stereocenters. The van der Waals surface area contributed by atoms with Gasteiger partial charge in [0.1, 0.15) is 0 Å². The molecular formula is C11H19NO4S. The number of piperidine rings is 1. The van der Waals surface area contributed by atoms with Crippen molar-refractivity contribution in [3.05, 3.63) is 0 Å². The van der Waals surface area contributed by atoms with E-state index in [1.165, 1.54) is 11.8 Å². The molecule has 0 aromatic rings. The van der Waals surface area contributed by atoms with Crippen molar-refractivity contribution >= 4 is 23.2 Å². The Hall–Kier alpha value is -0.910. The summed E-state index contributed by atoms with van der Waals surface area (Å²) in [5, 5.41) is 0.0295.